The molecule has 1 heterocycles. The maximum Gasteiger partial charge on any atom is 0.371 e. The van der Waals surface area contributed by atoms with Gasteiger partial charge < -0.3 is 14.4 Å². The molecule has 1 aliphatic rings. The lowest BCUT2D eigenvalue weighted by Gasteiger charge is -2.24. The van der Waals surface area contributed by atoms with Gasteiger partial charge in [-0.15, -0.1) is 0 Å². The Labute approximate surface area is 92.7 Å². The predicted octanol–water partition coefficient (Wildman–Crippen LogP) is 1.45. The summed E-state index contributed by atoms with van der Waals surface area (Å²) in [6.45, 7) is 1.49. The van der Waals surface area contributed by atoms with Crippen LogP contribution < -0.4 is 0 Å². The van der Waals surface area contributed by atoms with Gasteiger partial charge in [0.15, 0.2) is 0 Å². The number of furan rings is 1. The molecule has 1 aromatic rings. The van der Waals surface area contributed by atoms with Crippen molar-refractivity contribution in [1.29, 1.82) is 0 Å². The molecule has 1 aromatic heterocycles. The van der Waals surface area contributed by atoms with E-state index < -0.39 is 11.5 Å². The van der Waals surface area contributed by atoms with Crippen molar-refractivity contribution in [2.75, 3.05) is 7.05 Å². The maximum atomic E-state index is 11.3. The number of carbonyl (C=O) groups excluding carboxylic acids is 1. The Morgan fingerprint density at radius 2 is 2.06 bits per heavy atom. The van der Waals surface area contributed by atoms with Crippen molar-refractivity contribution in [2.45, 2.75) is 25.3 Å². The first kappa shape index (κ1) is 10.7. The highest BCUT2D eigenvalue weighted by Gasteiger charge is 2.52. The summed E-state index contributed by atoms with van der Waals surface area (Å²) in [6, 6.07) is 3.06. The number of carboxylic acids is 1. The molecule has 1 N–H and O–H groups in total. The van der Waals surface area contributed by atoms with E-state index in [0.29, 0.717) is 5.76 Å². The molecule has 0 spiro atoms. The molecule has 1 aliphatic carbocycles. The van der Waals surface area contributed by atoms with Gasteiger partial charge in [-0.2, -0.15) is 0 Å². The molecule has 5 heteroatoms. The molecule has 86 valence electrons. The molecule has 0 bridgehead atoms. The number of nitrogens with zero attached hydrogens (tertiary/aromatic N) is 1. The highest BCUT2D eigenvalue weighted by atomic mass is 16.4. The Bertz CT molecular complexity index is 445. The van der Waals surface area contributed by atoms with Crippen LogP contribution in [0.25, 0.3) is 0 Å². The van der Waals surface area contributed by atoms with E-state index in [4.69, 9.17) is 9.52 Å². The number of hydrogen-bond donors (Lipinski definition) is 1. The van der Waals surface area contributed by atoms with Gasteiger partial charge in [0.05, 0.1) is 0 Å². The molecule has 0 radical (unpaired) electrons. The predicted molar refractivity (Wildman–Crippen MR) is 55.0 cm³/mol. The van der Waals surface area contributed by atoms with Gasteiger partial charge in [-0.25, -0.2) is 4.79 Å². The molecule has 0 atom stereocenters. The lowest BCUT2D eigenvalue weighted by Crippen LogP contribution is -2.35. The first-order chi connectivity index (χ1) is 7.47. The standard InChI is InChI=1S/C11H13NO4/c1-7(13)12(2)11(5-6-11)9-4-3-8(16-9)10(14)15/h3-4H,5-6H2,1-2H3,(H,14,15). The number of hydrogen-bond acceptors (Lipinski definition) is 3. The Morgan fingerprint density at radius 1 is 1.44 bits per heavy atom. The van der Waals surface area contributed by atoms with Crippen LogP contribution in [-0.4, -0.2) is 28.9 Å². The largest absolute Gasteiger partial charge is 0.475 e. The highest BCUT2D eigenvalue weighted by molar-refractivity contribution is 5.84. The summed E-state index contributed by atoms with van der Waals surface area (Å²) in [4.78, 5) is 23.6. The van der Waals surface area contributed by atoms with Gasteiger partial charge in [-0.1, -0.05) is 0 Å². The van der Waals surface area contributed by atoms with Crippen LogP contribution in [0, 0.1) is 0 Å². The summed E-state index contributed by atoms with van der Waals surface area (Å²) in [7, 11) is 1.71. The fraction of sp³-hybridized carbons (Fsp3) is 0.455. The van der Waals surface area contributed by atoms with Crippen molar-refractivity contribution in [3.05, 3.63) is 23.7 Å². The van der Waals surface area contributed by atoms with Crippen LogP contribution in [0.4, 0.5) is 0 Å². The Hall–Kier alpha value is -1.78. The Morgan fingerprint density at radius 3 is 2.44 bits per heavy atom. The molecular formula is C11H13NO4. The van der Waals surface area contributed by atoms with E-state index in [0.717, 1.165) is 12.8 Å². The number of rotatable bonds is 3. The average molecular weight is 223 g/mol. The second-order valence-electron chi connectivity index (χ2n) is 4.08. The van der Waals surface area contributed by atoms with Crippen LogP contribution in [0.5, 0.6) is 0 Å². The van der Waals surface area contributed by atoms with E-state index in [9.17, 15) is 9.59 Å². The van der Waals surface area contributed by atoms with Crippen molar-refractivity contribution in [3.8, 4) is 0 Å². The van der Waals surface area contributed by atoms with Gasteiger partial charge in [0.2, 0.25) is 11.7 Å². The zero-order valence-electron chi connectivity index (χ0n) is 9.19. The third kappa shape index (κ3) is 1.48. The minimum absolute atomic E-state index is 0.0502. The third-order valence-corrected chi connectivity index (χ3v) is 3.11. The second-order valence-corrected chi connectivity index (χ2v) is 4.08. The number of aromatic carboxylic acids is 1. The van der Waals surface area contributed by atoms with Crippen molar-refractivity contribution in [2.24, 2.45) is 0 Å². The SMILES string of the molecule is CC(=O)N(C)C1(c2ccc(C(=O)O)o2)CC1. The smallest absolute Gasteiger partial charge is 0.371 e. The minimum Gasteiger partial charge on any atom is -0.475 e. The summed E-state index contributed by atoms with van der Waals surface area (Å²) in [5.74, 6) is -0.667. The lowest BCUT2D eigenvalue weighted by atomic mass is 10.1. The molecule has 2 rings (SSSR count). The summed E-state index contributed by atoms with van der Waals surface area (Å²) in [5, 5.41) is 8.76. The minimum atomic E-state index is -1.09. The summed E-state index contributed by atoms with van der Waals surface area (Å²) >= 11 is 0. The number of amides is 1. The molecule has 16 heavy (non-hydrogen) atoms. The van der Waals surface area contributed by atoms with Crippen molar-refractivity contribution in [1.82, 2.24) is 4.90 Å². The zero-order valence-corrected chi connectivity index (χ0v) is 9.19. The normalized spacial score (nSPS) is 16.9. The number of carboxylic acid groups (broad SMARTS) is 1. The third-order valence-electron chi connectivity index (χ3n) is 3.11. The van der Waals surface area contributed by atoms with Gasteiger partial charge in [0, 0.05) is 14.0 Å². The van der Waals surface area contributed by atoms with E-state index in [-0.39, 0.29) is 11.7 Å². The fourth-order valence-corrected chi connectivity index (χ4v) is 1.87. The van der Waals surface area contributed by atoms with Crippen LogP contribution in [0.15, 0.2) is 16.5 Å². The zero-order chi connectivity index (χ0) is 11.9. The van der Waals surface area contributed by atoms with Crippen LogP contribution in [-0.2, 0) is 10.3 Å². The van der Waals surface area contributed by atoms with E-state index >= 15 is 0 Å². The van der Waals surface area contributed by atoms with Gasteiger partial charge >= 0.3 is 5.97 Å². The molecule has 1 fully saturated rings. The quantitative estimate of drug-likeness (QED) is 0.841. The fourth-order valence-electron chi connectivity index (χ4n) is 1.87. The Balaban J connectivity index is 2.30. The van der Waals surface area contributed by atoms with Crippen LogP contribution in [0.2, 0.25) is 0 Å². The summed E-state index contributed by atoms with van der Waals surface area (Å²) in [6.07, 6.45) is 1.63. The first-order valence-electron chi connectivity index (χ1n) is 5.05. The van der Waals surface area contributed by atoms with Crippen LogP contribution >= 0.6 is 0 Å². The van der Waals surface area contributed by atoms with Crippen molar-refractivity contribution < 1.29 is 19.1 Å². The van der Waals surface area contributed by atoms with Crippen molar-refractivity contribution in [3.63, 3.8) is 0 Å². The average Bonchev–Trinajstić information content (AvgIpc) is 2.87. The van der Waals surface area contributed by atoms with E-state index in [1.165, 1.54) is 13.0 Å². The van der Waals surface area contributed by atoms with Gasteiger partial charge in [-0.3, -0.25) is 4.79 Å². The molecule has 0 unspecified atom stereocenters. The topological polar surface area (TPSA) is 70.8 Å². The molecule has 0 aromatic carbocycles. The molecule has 5 nitrogen and oxygen atoms in total. The summed E-state index contributed by atoms with van der Waals surface area (Å²) < 4.78 is 5.25. The second kappa shape index (κ2) is 3.37. The van der Waals surface area contributed by atoms with Crippen molar-refractivity contribution >= 4 is 11.9 Å². The van der Waals surface area contributed by atoms with Gasteiger partial charge in [0.1, 0.15) is 11.3 Å². The first-order valence-corrected chi connectivity index (χ1v) is 5.05. The molecule has 0 saturated heterocycles. The molecule has 1 saturated carbocycles. The maximum absolute atomic E-state index is 11.3. The number of carbonyl (C=O) groups is 2. The van der Waals surface area contributed by atoms with Gasteiger partial charge in [0.25, 0.3) is 0 Å². The van der Waals surface area contributed by atoms with Crippen LogP contribution in [0.3, 0.4) is 0 Å². The molecule has 1 amide bonds. The van der Waals surface area contributed by atoms with E-state index in [1.54, 1.807) is 18.0 Å². The van der Waals surface area contributed by atoms with Gasteiger partial charge in [-0.05, 0) is 25.0 Å². The molecule has 0 aliphatic heterocycles. The summed E-state index contributed by atoms with van der Waals surface area (Å²) in [5.41, 5.74) is -0.417. The highest BCUT2D eigenvalue weighted by Crippen LogP contribution is 2.50. The van der Waals surface area contributed by atoms with E-state index in [1.807, 2.05) is 0 Å². The lowest BCUT2D eigenvalue weighted by molar-refractivity contribution is -0.131. The Kier molecular flexibility index (Phi) is 2.26. The van der Waals surface area contributed by atoms with E-state index in [2.05, 4.69) is 0 Å². The molecular weight excluding hydrogens is 210 g/mol. The monoisotopic (exact) mass is 223 g/mol. The van der Waals surface area contributed by atoms with Crippen LogP contribution in [0.1, 0.15) is 36.1 Å².